The lowest BCUT2D eigenvalue weighted by Gasteiger charge is -2.33. The summed E-state index contributed by atoms with van der Waals surface area (Å²) in [4.78, 5) is 13.6. The number of esters is 1. The number of carbonyl (C=O) groups is 1. The molecular weight excluding hydrogens is 364 g/mol. The first-order valence-electron chi connectivity index (χ1n) is 7.96. The van der Waals surface area contributed by atoms with Crippen LogP contribution in [0.3, 0.4) is 0 Å². The molecule has 3 rings (SSSR count). The van der Waals surface area contributed by atoms with Crippen LogP contribution in [0.15, 0.2) is 15.6 Å². The zero-order valence-corrected chi connectivity index (χ0v) is 15.6. The summed E-state index contributed by atoms with van der Waals surface area (Å²) in [6, 6.07) is 0. The first kappa shape index (κ1) is 18.5. The second-order valence-corrected chi connectivity index (χ2v) is 7.83. The van der Waals surface area contributed by atoms with Crippen molar-refractivity contribution in [2.45, 2.75) is 25.4 Å². The highest BCUT2D eigenvalue weighted by Gasteiger charge is 2.33. The largest absolute Gasteiger partial charge is 0.464 e. The van der Waals surface area contributed by atoms with Crippen molar-refractivity contribution in [2.75, 3.05) is 33.3 Å². The molecule has 26 heavy (non-hydrogen) atoms. The highest BCUT2D eigenvalue weighted by molar-refractivity contribution is 7.89. The summed E-state index contributed by atoms with van der Waals surface area (Å²) in [7, 11) is -2.35. The fourth-order valence-electron chi connectivity index (χ4n) is 2.85. The van der Waals surface area contributed by atoms with Crippen molar-refractivity contribution >= 4 is 16.0 Å². The van der Waals surface area contributed by atoms with Crippen molar-refractivity contribution in [2.24, 2.45) is 0 Å². The topological polar surface area (TPSA) is 124 Å². The summed E-state index contributed by atoms with van der Waals surface area (Å²) >= 11 is 0. The molecule has 0 saturated carbocycles. The van der Waals surface area contributed by atoms with Gasteiger partial charge in [-0.25, -0.2) is 17.9 Å². The van der Waals surface area contributed by atoms with E-state index in [1.807, 2.05) is 4.90 Å². The molecule has 0 N–H and O–H groups in total. The summed E-state index contributed by atoms with van der Waals surface area (Å²) < 4.78 is 38.1. The molecule has 0 radical (unpaired) electrons. The Hall–Kier alpha value is -2.31. The van der Waals surface area contributed by atoms with E-state index < -0.39 is 16.0 Å². The summed E-state index contributed by atoms with van der Waals surface area (Å²) in [6.45, 7) is 5.33. The Balaban J connectivity index is 1.62. The molecule has 2 aromatic rings. The van der Waals surface area contributed by atoms with Gasteiger partial charge in [0.15, 0.2) is 11.5 Å². The van der Waals surface area contributed by atoms with Crippen LogP contribution in [-0.2, 0) is 21.4 Å². The maximum absolute atomic E-state index is 12.8. The molecule has 0 aromatic carbocycles. The Morgan fingerprint density at radius 3 is 2.54 bits per heavy atom. The van der Waals surface area contributed by atoms with Gasteiger partial charge in [0.2, 0.25) is 10.0 Å². The molecular formula is C14H20N6O5S. The van der Waals surface area contributed by atoms with Crippen molar-refractivity contribution in [1.29, 1.82) is 0 Å². The standard InChI is InChI=1S/C14H20N6O5S/c1-10-13(11(2)25-16-10)26(22,23)20-6-4-18(5-7-20)9-19-8-12(15-17-19)14(21)24-3/h8H,4-7,9H2,1-3H3. The van der Waals surface area contributed by atoms with E-state index in [-0.39, 0.29) is 10.6 Å². The number of rotatable bonds is 5. The van der Waals surface area contributed by atoms with Crippen LogP contribution in [-0.4, -0.2) is 77.0 Å². The molecule has 0 amide bonds. The molecule has 11 nitrogen and oxygen atoms in total. The van der Waals surface area contributed by atoms with Crippen molar-refractivity contribution in [1.82, 2.24) is 29.4 Å². The zero-order chi connectivity index (χ0) is 18.9. The van der Waals surface area contributed by atoms with Crippen LogP contribution in [0, 0.1) is 13.8 Å². The van der Waals surface area contributed by atoms with E-state index in [1.54, 1.807) is 13.8 Å². The third-order valence-electron chi connectivity index (χ3n) is 4.18. The number of methoxy groups -OCH3 is 1. The monoisotopic (exact) mass is 384 g/mol. The molecule has 142 valence electrons. The highest BCUT2D eigenvalue weighted by Crippen LogP contribution is 2.24. The lowest BCUT2D eigenvalue weighted by molar-refractivity contribution is 0.0593. The normalized spacial score (nSPS) is 16.7. The first-order valence-corrected chi connectivity index (χ1v) is 9.40. The molecule has 1 aliphatic rings. The summed E-state index contributed by atoms with van der Waals surface area (Å²) in [6.07, 6.45) is 1.50. The SMILES string of the molecule is COC(=O)c1cn(CN2CCN(S(=O)(=O)c3c(C)noc3C)CC2)nn1. The van der Waals surface area contributed by atoms with Gasteiger partial charge >= 0.3 is 5.97 Å². The van der Waals surface area contributed by atoms with Gasteiger partial charge in [0, 0.05) is 26.2 Å². The molecule has 12 heteroatoms. The van der Waals surface area contributed by atoms with Crippen molar-refractivity contribution in [3.8, 4) is 0 Å². The number of carbonyl (C=O) groups excluding carboxylic acids is 1. The number of aromatic nitrogens is 4. The molecule has 0 atom stereocenters. The van der Waals surface area contributed by atoms with Crippen LogP contribution in [0.1, 0.15) is 21.9 Å². The van der Waals surface area contributed by atoms with Crippen LogP contribution in [0.25, 0.3) is 0 Å². The maximum atomic E-state index is 12.8. The quantitative estimate of drug-likeness (QED) is 0.635. The molecule has 1 saturated heterocycles. The third kappa shape index (κ3) is 3.48. The van der Waals surface area contributed by atoms with Crippen molar-refractivity contribution in [3.05, 3.63) is 23.3 Å². The fraction of sp³-hybridized carbons (Fsp3) is 0.571. The van der Waals surface area contributed by atoms with E-state index in [4.69, 9.17) is 4.52 Å². The predicted molar refractivity (Wildman–Crippen MR) is 87.7 cm³/mol. The summed E-state index contributed by atoms with van der Waals surface area (Å²) in [5, 5.41) is 11.4. The van der Waals surface area contributed by atoms with E-state index in [9.17, 15) is 13.2 Å². The van der Waals surface area contributed by atoms with Crippen LogP contribution >= 0.6 is 0 Å². The maximum Gasteiger partial charge on any atom is 0.360 e. The number of sulfonamides is 1. The van der Waals surface area contributed by atoms with Gasteiger partial charge in [-0.1, -0.05) is 10.4 Å². The molecule has 1 aliphatic heterocycles. The van der Waals surface area contributed by atoms with Crippen LogP contribution < -0.4 is 0 Å². The second-order valence-electron chi connectivity index (χ2n) is 5.95. The predicted octanol–water partition coefficient (Wildman–Crippen LogP) is -0.366. The van der Waals surface area contributed by atoms with Gasteiger partial charge < -0.3 is 9.26 Å². The minimum absolute atomic E-state index is 0.132. The summed E-state index contributed by atoms with van der Waals surface area (Å²) in [5.74, 6) is -0.255. The average molecular weight is 384 g/mol. The minimum Gasteiger partial charge on any atom is -0.464 e. The van der Waals surface area contributed by atoms with Gasteiger partial charge in [0.1, 0.15) is 10.6 Å². The average Bonchev–Trinajstić information content (AvgIpc) is 3.21. The molecule has 0 spiro atoms. The number of ether oxygens (including phenoxy) is 1. The Labute approximate surface area is 150 Å². The molecule has 0 unspecified atom stereocenters. The van der Waals surface area contributed by atoms with Gasteiger partial charge in [-0.3, -0.25) is 4.90 Å². The number of hydrogen-bond donors (Lipinski definition) is 0. The lowest BCUT2D eigenvalue weighted by Crippen LogP contribution is -2.49. The third-order valence-corrected chi connectivity index (χ3v) is 6.32. The first-order chi connectivity index (χ1) is 12.3. The molecule has 0 aliphatic carbocycles. The van der Waals surface area contributed by atoms with E-state index in [0.29, 0.717) is 44.3 Å². The Morgan fingerprint density at radius 1 is 1.27 bits per heavy atom. The van der Waals surface area contributed by atoms with E-state index in [0.717, 1.165) is 0 Å². The Morgan fingerprint density at radius 2 is 1.96 bits per heavy atom. The molecule has 2 aromatic heterocycles. The highest BCUT2D eigenvalue weighted by atomic mass is 32.2. The Bertz CT molecular complexity index is 877. The lowest BCUT2D eigenvalue weighted by atomic mass is 10.4. The Kier molecular flexibility index (Phi) is 5.07. The van der Waals surface area contributed by atoms with Crippen LogP contribution in [0.5, 0.6) is 0 Å². The van der Waals surface area contributed by atoms with Gasteiger partial charge in [-0.2, -0.15) is 4.31 Å². The second kappa shape index (κ2) is 7.13. The van der Waals surface area contributed by atoms with Crippen molar-refractivity contribution < 1.29 is 22.5 Å². The smallest absolute Gasteiger partial charge is 0.360 e. The van der Waals surface area contributed by atoms with Gasteiger partial charge in [0.25, 0.3) is 0 Å². The van der Waals surface area contributed by atoms with Gasteiger partial charge in [-0.15, -0.1) is 5.10 Å². The number of hydrogen-bond acceptors (Lipinski definition) is 9. The van der Waals surface area contributed by atoms with E-state index in [2.05, 4.69) is 20.2 Å². The number of piperazine rings is 1. The zero-order valence-electron chi connectivity index (χ0n) is 14.7. The summed E-state index contributed by atoms with van der Waals surface area (Å²) in [5.41, 5.74) is 0.495. The van der Waals surface area contributed by atoms with E-state index >= 15 is 0 Å². The molecule has 1 fully saturated rings. The molecule has 3 heterocycles. The fourth-order valence-corrected chi connectivity index (χ4v) is 4.57. The number of aryl methyl sites for hydroxylation is 2. The minimum atomic E-state index is -3.63. The molecule has 0 bridgehead atoms. The van der Waals surface area contributed by atoms with Gasteiger partial charge in [-0.05, 0) is 13.8 Å². The van der Waals surface area contributed by atoms with E-state index in [1.165, 1.54) is 22.3 Å². The van der Waals surface area contributed by atoms with Crippen LogP contribution in [0.4, 0.5) is 0 Å². The van der Waals surface area contributed by atoms with Crippen LogP contribution in [0.2, 0.25) is 0 Å². The number of nitrogens with zero attached hydrogens (tertiary/aromatic N) is 6. The van der Waals surface area contributed by atoms with Crippen molar-refractivity contribution in [3.63, 3.8) is 0 Å². The van der Waals surface area contributed by atoms with Gasteiger partial charge in [0.05, 0.1) is 20.0 Å².